The van der Waals surface area contributed by atoms with Crippen LogP contribution in [0.3, 0.4) is 0 Å². The molecule has 1 aromatic heterocycles. The summed E-state index contributed by atoms with van der Waals surface area (Å²) in [6.07, 6.45) is 1.74. The Morgan fingerprint density at radius 2 is 1.94 bits per heavy atom. The van der Waals surface area contributed by atoms with E-state index >= 15 is 0 Å². The first-order chi connectivity index (χ1) is 8.59. The summed E-state index contributed by atoms with van der Waals surface area (Å²) < 4.78 is 0. The molecule has 18 heavy (non-hydrogen) atoms. The molecule has 3 heteroatoms. The number of hydrogen-bond acceptors (Lipinski definition) is 2. The molecule has 0 spiro atoms. The minimum atomic E-state index is -0.00402. The Morgan fingerprint density at radius 1 is 1.17 bits per heavy atom. The molecule has 3 nitrogen and oxygen atoms in total. The van der Waals surface area contributed by atoms with E-state index in [0.717, 1.165) is 16.8 Å². The van der Waals surface area contributed by atoms with Crippen LogP contribution in [0.15, 0.2) is 42.6 Å². The molecule has 0 aliphatic heterocycles. The van der Waals surface area contributed by atoms with Crippen LogP contribution in [0.25, 0.3) is 11.3 Å². The molecule has 0 radical (unpaired) electrons. The molecule has 2 rings (SSSR count). The summed E-state index contributed by atoms with van der Waals surface area (Å²) in [4.78, 5) is 18.1. The van der Waals surface area contributed by atoms with Gasteiger partial charge in [-0.15, -0.1) is 0 Å². The molecule has 1 aromatic carbocycles. The van der Waals surface area contributed by atoms with Crippen molar-refractivity contribution < 1.29 is 4.79 Å². The smallest absolute Gasteiger partial charge is 0.254 e. The van der Waals surface area contributed by atoms with Gasteiger partial charge >= 0.3 is 0 Å². The molecule has 0 unspecified atom stereocenters. The van der Waals surface area contributed by atoms with Gasteiger partial charge in [0.05, 0.1) is 5.69 Å². The van der Waals surface area contributed by atoms with Crippen LogP contribution in [-0.2, 0) is 0 Å². The van der Waals surface area contributed by atoms with Crippen LogP contribution in [0.5, 0.6) is 0 Å². The highest BCUT2D eigenvalue weighted by Gasteiger charge is 2.15. The molecule has 0 aliphatic rings. The lowest BCUT2D eigenvalue weighted by molar-refractivity contribution is 0.0828. The molecule has 2 aromatic rings. The van der Waals surface area contributed by atoms with Crippen molar-refractivity contribution in [2.45, 2.75) is 6.92 Å². The van der Waals surface area contributed by atoms with Crippen molar-refractivity contribution in [2.24, 2.45) is 0 Å². The van der Waals surface area contributed by atoms with E-state index in [1.807, 2.05) is 43.3 Å². The Morgan fingerprint density at radius 3 is 2.56 bits per heavy atom. The average Bonchev–Trinajstić information content (AvgIpc) is 2.39. The minimum absolute atomic E-state index is 0.00402. The first-order valence-corrected chi connectivity index (χ1v) is 5.83. The van der Waals surface area contributed by atoms with E-state index in [4.69, 9.17) is 0 Å². The zero-order valence-electron chi connectivity index (χ0n) is 10.8. The normalized spacial score (nSPS) is 10.2. The highest BCUT2D eigenvalue weighted by Crippen LogP contribution is 2.23. The fraction of sp³-hybridized carbons (Fsp3) is 0.200. The van der Waals surface area contributed by atoms with Gasteiger partial charge in [0.15, 0.2) is 0 Å². The zero-order valence-corrected chi connectivity index (χ0v) is 10.8. The Balaban J connectivity index is 2.58. The number of amides is 1. The highest BCUT2D eigenvalue weighted by atomic mass is 16.2. The third kappa shape index (κ3) is 2.40. The molecular formula is C15H16N2O. The number of benzene rings is 1. The lowest BCUT2D eigenvalue weighted by Crippen LogP contribution is -2.22. The molecule has 1 heterocycles. The van der Waals surface area contributed by atoms with Crippen LogP contribution in [0, 0.1) is 6.92 Å². The summed E-state index contributed by atoms with van der Waals surface area (Å²) in [7, 11) is 3.51. The van der Waals surface area contributed by atoms with Crippen molar-refractivity contribution in [3.63, 3.8) is 0 Å². The second kappa shape index (κ2) is 5.00. The summed E-state index contributed by atoms with van der Waals surface area (Å²) in [6, 6.07) is 11.5. The van der Waals surface area contributed by atoms with Gasteiger partial charge in [0.2, 0.25) is 0 Å². The number of hydrogen-bond donors (Lipinski definition) is 0. The van der Waals surface area contributed by atoms with Gasteiger partial charge in [-0.05, 0) is 31.2 Å². The maximum atomic E-state index is 12.1. The van der Waals surface area contributed by atoms with Gasteiger partial charge in [-0.1, -0.05) is 17.7 Å². The van der Waals surface area contributed by atoms with Gasteiger partial charge in [-0.25, -0.2) is 0 Å². The van der Waals surface area contributed by atoms with Crippen LogP contribution in [0.1, 0.15) is 15.9 Å². The summed E-state index contributed by atoms with van der Waals surface area (Å²) in [5.41, 5.74) is 3.51. The summed E-state index contributed by atoms with van der Waals surface area (Å²) in [5.74, 6) is -0.00402. The minimum Gasteiger partial charge on any atom is -0.345 e. The molecule has 0 aliphatic carbocycles. The number of nitrogens with zero attached hydrogens (tertiary/aromatic N) is 2. The third-order valence-electron chi connectivity index (χ3n) is 2.75. The van der Waals surface area contributed by atoms with Gasteiger partial charge in [0.1, 0.15) is 0 Å². The quantitative estimate of drug-likeness (QED) is 0.808. The predicted molar refractivity (Wildman–Crippen MR) is 72.4 cm³/mol. The molecule has 0 fully saturated rings. The molecule has 0 bridgehead atoms. The first kappa shape index (κ1) is 12.3. The molecule has 0 N–H and O–H groups in total. The summed E-state index contributed by atoms with van der Waals surface area (Å²) in [5, 5.41) is 0. The van der Waals surface area contributed by atoms with E-state index in [2.05, 4.69) is 4.98 Å². The van der Waals surface area contributed by atoms with Gasteiger partial charge in [-0.2, -0.15) is 0 Å². The van der Waals surface area contributed by atoms with Crippen LogP contribution in [0.4, 0.5) is 0 Å². The summed E-state index contributed by atoms with van der Waals surface area (Å²) >= 11 is 0. The largest absolute Gasteiger partial charge is 0.345 e. The van der Waals surface area contributed by atoms with E-state index in [9.17, 15) is 4.79 Å². The Bertz CT molecular complexity index is 562. The number of pyridine rings is 1. The van der Waals surface area contributed by atoms with E-state index in [1.165, 1.54) is 0 Å². The number of carbonyl (C=O) groups is 1. The fourth-order valence-electron chi connectivity index (χ4n) is 1.82. The second-order valence-electron chi connectivity index (χ2n) is 4.46. The van der Waals surface area contributed by atoms with Crippen molar-refractivity contribution in [1.29, 1.82) is 0 Å². The van der Waals surface area contributed by atoms with Crippen LogP contribution in [-0.4, -0.2) is 29.9 Å². The molecule has 0 saturated heterocycles. The predicted octanol–water partition coefficient (Wildman–Crippen LogP) is 2.76. The van der Waals surface area contributed by atoms with Gasteiger partial charge < -0.3 is 4.90 Å². The van der Waals surface area contributed by atoms with Crippen LogP contribution in [0.2, 0.25) is 0 Å². The van der Waals surface area contributed by atoms with Gasteiger partial charge in [0, 0.05) is 31.4 Å². The fourth-order valence-corrected chi connectivity index (χ4v) is 1.82. The SMILES string of the molecule is Cc1ccc(C(=O)N(C)C)c(-c2ccccn2)c1. The lowest BCUT2D eigenvalue weighted by atomic mass is 10.0. The van der Waals surface area contributed by atoms with Gasteiger partial charge in [-0.3, -0.25) is 9.78 Å². The monoisotopic (exact) mass is 240 g/mol. The van der Waals surface area contributed by atoms with Crippen molar-refractivity contribution in [1.82, 2.24) is 9.88 Å². The van der Waals surface area contributed by atoms with Crippen molar-refractivity contribution in [3.05, 3.63) is 53.7 Å². The molecule has 0 saturated carbocycles. The Labute approximate surface area is 107 Å². The number of rotatable bonds is 2. The maximum absolute atomic E-state index is 12.1. The first-order valence-electron chi connectivity index (χ1n) is 5.83. The third-order valence-corrected chi connectivity index (χ3v) is 2.75. The standard InChI is InChI=1S/C15H16N2O/c1-11-7-8-12(15(18)17(2)3)13(10-11)14-6-4-5-9-16-14/h4-10H,1-3H3. The number of aromatic nitrogens is 1. The highest BCUT2D eigenvalue weighted by molar-refractivity contribution is 6.00. The van der Waals surface area contributed by atoms with Crippen LogP contribution < -0.4 is 0 Å². The number of aryl methyl sites for hydroxylation is 1. The van der Waals surface area contributed by atoms with E-state index in [-0.39, 0.29) is 5.91 Å². The van der Waals surface area contributed by atoms with E-state index < -0.39 is 0 Å². The Hall–Kier alpha value is -2.16. The Kier molecular flexibility index (Phi) is 3.42. The van der Waals surface area contributed by atoms with Gasteiger partial charge in [0.25, 0.3) is 5.91 Å². The van der Waals surface area contributed by atoms with Crippen molar-refractivity contribution in [2.75, 3.05) is 14.1 Å². The van der Waals surface area contributed by atoms with E-state index in [1.54, 1.807) is 25.2 Å². The van der Waals surface area contributed by atoms with Crippen molar-refractivity contribution in [3.8, 4) is 11.3 Å². The van der Waals surface area contributed by atoms with Crippen molar-refractivity contribution >= 4 is 5.91 Å². The zero-order chi connectivity index (χ0) is 13.1. The lowest BCUT2D eigenvalue weighted by Gasteiger charge is -2.14. The molecule has 92 valence electrons. The second-order valence-corrected chi connectivity index (χ2v) is 4.46. The molecule has 1 amide bonds. The van der Waals surface area contributed by atoms with E-state index in [0.29, 0.717) is 5.56 Å². The maximum Gasteiger partial charge on any atom is 0.254 e. The molecular weight excluding hydrogens is 224 g/mol. The molecule has 0 atom stereocenters. The average molecular weight is 240 g/mol. The summed E-state index contributed by atoms with van der Waals surface area (Å²) in [6.45, 7) is 2.01. The van der Waals surface area contributed by atoms with Crippen LogP contribution >= 0.6 is 0 Å². The topological polar surface area (TPSA) is 33.2 Å². The number of carbonyl (C=O) groups excluding carboxylic acids is 1.